The molecule has 1 aliphatic heterocycles. The average Bonchev–Trinajstić information content (AvgIpc) is 3.47. The number of aromatic nitrogens is 1. The van der Waals surface area contributed by atoms with Crippen molar-refractivity contribution in [2.24, 2.45) is 5.73 Å². The summed E-state index contributed by atoms with van der Waals surface area (Å²) in [5.74, 6) is 0.883. The number of H-pyrrole nitrogens is 1. The molecule has 1 unspecified atom stereocenters. The third-order valence-corrected chi connectivity index (χ3v) is 6.14. The number of benzene rings is 2. The summed E-state index contributed by atoms with van der Waals surface area (Å²) in [7, 11) is 0. The minimum absolute atomic E-state index is 0.220. The molecular formula is C24H28N6O2S. The molecule has 0 saturated carbocycles. The van der Waals surface area contributed by atoms with Crippen LogP contribution in [0.15, 0.2) is 54.7 Å². The van der Waals surface area contributed by atoms with Crippen molar-refractivity contribution in [1.82, 2.24) is 9.88 Å². The zero-order chi connectivity index (χ0) is 23.8. The minimum Gasteiger partial charge on any atom is -0.361 e. The molecule has 2 heterocycles. The average molecular weight is 465 g/mol. The quantitative estimate of drug-likeness (QED) is 0.451. The van der Waals surface area contributed by atoms with E-state index < -0.39 is 12.1 Å². The van der Waals surface area contributed by atoms with Crippen molar-refractivity contribution in [2.45, 2.75) is 32.4 Å². The van der Waals surface area contributed by atoms with Gasteiger partial charge in [-0.2, -0.15) is 5.26 Å². The molecule has 3 aromatic rings. The summed E-state index contributed by atoms with van der Waals surface area (Å²) in [6.45, 7) is 4.00. The Kier molecular flexibility index (Phi) is 8.35. The second-order valence-electron chi connectivity index (χ2n) is 7.28. The van der Waals surface area contributed by atoms with Crippen molar-refractivity contribution in [3.8, 4) is 6.07 Å². The highest BCUT2D eigenvalue weighted by Gasteiger charge is 2.32. The number of anilines is 2. The molecule has 5 N–H and O–H groups in total. The lowest BCUT2D eigenvalue weighted by atomic mass is 10.0. The zero-order valence-corrected chi connectivity index (χ0v) is 19.5. The Morgan fingerprint density at radius 2 is 1.94 bits per heavy atom. The van der Waals surface area contributed by atoms with Crippen LogP contribution in [-0.2, 0) is 11.2 Å². The third kappa shape index (κ3) is 5.86. The number of nitrogens with two attached hydrogens (primary N) is 1. The van der Waals surface area contributed by atoms with Gasteiger partial charge in [-0.3, -0.25) is 4.79 Å². The summed E-state index contributed by atoms with van der Waals surface area (Å²) in [6, 6.07) is 15.4. The summed E-state index contributed by atoms with van der Waals surface area (Å²) in [5.41, 5.74) is 9.28. The maximum Gasteiger partial charge on any atom is 0.323 e. The maximum absolute atomic E-state index is 12.7. The number of carbonyl (C=O) groups excluding carboxylic acids is 2. The Bertz CT molecular complexity index is 1140. The molecule has 4 rings (SSSR count). The van der Waals surface area contributed by atoms with Crippen LogP contribution in [0.5, 0.6) is 0 Å². The second-order valence-corrected chi connectivity index (χ2v) is 8.28. The SMILES string of the molecule is CC.N#CC1CSCN1C(=O)[C@@H](N)Cc1c[nH]c2ccc(NC(=O)Nc3ccccc3)cc12. The van der Waals surface area contributed by atoms with Crippen LogP contribution < -0.4 is 16.4 Å². The Labute approximate surface area is 197 Å². The minimum atomic E-state index is -0.744. The lowest BCUT2D eigenvalue weighted by Crippen LogP contribution is -2.47. The fraction of sp³-hybridized carbons (Fsp3) is 0.292. The number of thioether (sulfide) groups is 1. The first kappa shape index (κ1) is 24.2. The van der Waals surface area contributed by atoms with Gasteiger partial charge in [0.2, 0.25) is 5.91 Å². The number of urea groups is 1. The van der Waals surface area contributed by atoms with Crippen LogP contribution in [0.25, 0.3) is 10.9 Å². The standard InChI is InChI=1S/C22H22N6O2S.C2H6/c23-10-17-12-31-13-28(17)21(29)19(24)8-14-11-25-20-7-6-16(9-18(14)20)27-22(30)26-15-4-2-1-3-5-15;1-2/h1-7,9,11,17,19,25H,8,12-13,24H2,(H2,26,27,30);1-2H3/t17?,19-;/m0./s1. The predicted octanol–water partition coefficient (Wildman–Crippen LogP) is 4.13. The number of rotatable bonds is 5. The maximum atomic E-state index is 12.7. The van der Waals surface area contributed by atoms with Crippen LogP contribution in [0.2, 0.25) is 0 Å². The van der Waals surface area contributed by atoms with Gasteiger partial charge in [0.15, 0.2) is 0 Å². The molecule has 1 aliphatic rings. The van der Waals surface area contributed by atoms with Crippen LogP contribution in [0.1, 0.15) is 19.4 Å². The number of nitrogens with zero attached hydrogens (tertiary/aromatic N) is 2. The number of para-hydroxylation sites is 1. The summed E-state index contributed by atoms with van der Waals surface area (Å²) in [5, 5.41) is 15.7. The number of amides is 3. The first-order valence-electron chi connectivity index (χ1n) is 10.8. The fourth-order valence-corrected chi connectivity index (χ4v) is 4.63. The van der Waals surface area contributed by atoms with Crippen molar-refractivity contribution in [1.29, 1.82) is 5.26 Å². The molecule has 0 radical (unpaired) electrons. The van der Waals surface area contributed by atoms with Crippen LogP contribution in [0.4, 0.5) is 16.2 Å². The molecule has 33 heavy (non-hydrogen) atoms. The monoisotopic (exact) mass is 464 g/mol. The molecule has 1 fully saturated rings. The normalized spacial score (nSPS) is 15.8. The van der Waals surface area contributed by atoms with Gasteiger partial charge in [-0.1, -0.05) is 32.0 Å². The van der Waals surface area contributed by atoms with Gasteiger partial charge in [-0.15, -0.1) is 11.8 Å². The molecule has 9 heteroatoms. The Morgan fingerprint density at radius 1 is 1.21 bits per heavy atom. The molecule has 1 saturated heterocycles. The van der Waals surface area contributed by atoms with Crippen LogP contribution in [0, 0.1) is 11.3 Å². The van der Waals surface area contributed by atoms with Crippen molar-refractivity contribution < 1.29 is 9.59 Å². The number of hydrogen-bond acceptors (Lipinski definition) is 5. The van der Waals surface area contributed by atoms with E-state index in [4.69, 9.17) is 5.73 Å². The van der Waals surface area contributed by atoms with Gasteiger partial charge in [-0.05, 0) is 42.3 Å². The van der Waals surface area contributed by atoms with Gasteiger partial charge in [0.25, 0.3) is 0 Å². The van der Waals surface area contributed by atoms with Crippen molar-refractivity contribution in [2.75, 3.05) is 22.3 Å². The summed E-state index contributed by atoms with van der Waals surface area (Å²) in [6.07, 6.45) is 2.16. The van der Waals surface area contributed by atoms with E-state index in [9.17, 15) is 14.9 Å². The third-order valence-electron chi connectivity index (χ3n) is 5.13. The highest BCUT2D eigenvalue weighted by Crippen LogP contribution is 2.25. The van der Waals surface area contributed by atoms with Gasteiger partial charge >= 0.3 is 6.03 Å². The topological polar surface area (TPSA) is 127 Å². The molecular weight excluding hydrogens is 436 g/mol. The van der Waals surface area contributed by atoms with E-state index in [0.29, 0.717) is 29.4 Å². The zero-order valence-electron chi connectivity index (χ0n) is 18.7. The fourth-order valence-electron chi connectivity index (χ4n) is 3.54. The van der Waals surface area contributed by atoms with Crippen molar-refractivity contribution in [3.05, 3.63) is 60.3 Å². The summed E-state index contributed by atoms with van der Waals surface area (Å²) in [4.78, 5) is 29.7. The molecule has 0 aliphatic carbocycles. The number of hydrogen-bond donors (Lipinski definition) is 4. The molecule has 1 aromatic heterocycles. The number of carbonyl (C=O) groups is 2. The van der Waals surface area contributed by atoms with E-state index >= 15 is 0 Å². The second kappa shape index (κ2) is 11.4. The van der Waals surface area contributed by atoms with Crippen LogP contribution in [-0.4, -0.2) is 45.5 Å². The van der Waals surface area contributed by atoms with Gasteiger partial charge < -0.3 is 26.3 Å². The van der Waals surface area contributed by atoms with E-state index in [1.54, 1.807) is 34.9 Å². The first-order valence-corrected chi connectivity index (χ1v) is 12.0. The van der Waals surface area contributed by atoms with Gasteiger partial charge in [0.1, 0.15) is 6.04 Å². The summed E-state index contributed by atoms with van der Waals surface area (Å²) < 4.78 is 0. The molecule has 172 valence electrons. The van der Waals surface area contributed by atoms with Gasteiger partial charge in [0.05, 0.1) is 18.0 Å². The lowest BCUT2D eigenvalue weighted by molar-refractivity contribution is -0.132. The van der Waals surface area contributed by atoms with Crippen molar-refractivity contribution >= 4 is 46.0 Å². The Hall–Kier alpha value is -3.48. The number of fused-ring (bicyclic) bond motifs is 1. The van der Waals surface area contributed by atoms with Gasteiger partial charge in [0, 0.05) is 34.2 Å². The summed E-state index contributed by atoms with van der Waals surface area (Å²) >= 11 is 1.55. The lowest BCUT2D eigenvalue weighted by Gasteiger charge is -2.22. The van der Waals surface area contributed by atoms with Crippen molar-refractivity contribution in [3.63, 3.8) is 0 Å². The molecule has 0 bridgehead atoms. The first-order chi connectivity index (χ1) is 16.0. The van der Waals surface area contributed by atoms with Crippen LogP contribution >= 0.6 is 11.8 Å². The van der Waals surface area contributed by atoms with Crippen LogP contribution in [0.3, 0.4) is 0 Å². The predicted molar refractivity (Wildman–Crippen MR) is 134 cm³/mol. The molecule has 3 amide bonds. The molecule has 0 spiro atoms. The highest BCUT2D eigenvalue weighted by atomic mass is 32.2. The smallest absolute Gasteiger partial charge is 0.323 e. The number of nitriles is 1. The molecule has 2 atom stereocenters. The van der Waals surface area contributed by atoms with E-state index in [1.165, 1.54) is 0 Å². The van der Waals surface area contributed by atoms with Gasteiger partial charge in [-0.25, -0.2) is 4.79 Å². The highest BCUT2D eigenvalue weighted by molar-refractivity contribution is 7.99. The molecule has 8 nitrogen and oxygen atoms in total. The molecule has 2 aromatic carbocycles. The Balaban J connectivity index is 0.00000149. The largest absolute Gasteiger partial charge is 0.361 e. The van der Waals surface area contributed by atoms with E-state index in [-0.39, 0.29) is 11.9 Å². The van der Waals surface area contributed by atoms with E-state index in [2.05, 4.69) is 21.7 Å². The van der Waals surface area contributed by atoms with E-state index in [1.807, 2.05) is 50.4 Å². The number of nitrogens with one attached hydrogen (secondary N) is 3. The Morgan fingerprint density at radius 3 is 2.67 bits per heavy atom. The number of aromatic amines is 1. The van der Waals surface area contributed by atoms with E-state index in [0.717, 1.165) is 16.5 Å².